The molecule has 142 valence electrons. The Balaban J connectivity index is 1.38. The standard InChI is InChI=1S/C20H24N4O3/c25-20(21-11-10-17-4-2-1-3-5-17)16-22-12-14-23(15-13-22)18-6-8-19(9-7-18)24(26)27/h1-9H,10-16H2,(H,21,25). The minimum Gasteiger partial charge on any atom is -0.369 e. The van der Waals surface area contributed by atoms with E-state index in [-0.39, 0.29) is 11.6 Å². The molecule has 0 radical (unpaired) electrons. The van der Waals surface area contributed by atoms with Crippen molar-refractivity contribution in [2.24, 2.45) is 0 Å². The maximum Gasteiger partial charge on any atom is 0.269 e. The Morgan fingerprint density at radius 2 is 1.67 bits per heavy atom. The lowest BCUT2D eigenvalue weighted by atomic mass is 10.1. The molecule has 1 aliphatic rings. The van der Waals surface area contributed by atoms with Gasteiger partial charge in [-0.05, 0) is 24.1 Å². The number of anilines is 1. The van der Waals surface area contributed by atoms with Gasteiger partial charge in [0.25, 0.3) is 5.69 Å². The molecular weight excluding hydrogens is 344 g/mol. The average Bonchev–Trinajstić information content (AvgIpc) is 2.69. The smallest absolute Gasteiger partial charge is 0.269 e. The second-order valence-corrected chi connectivity index (χ2v) is 6.62. The Morgan fingerprint density at radius 3 is 2.30 bits per heavy atom. The number of carbonyl (C=O) groups is 1. The van der Waals surface area contributed by atoms with Crippen molar-refractivity contribution >= 4 is 17.3 Å². The third kappa shape index (κ3) is 5.52. The Bertz CT molecular complexity index is 757. The second-order valence-electron chi connectivity index (χ2n) is 6.62. The number of hydrogen-bond donors (Lipinski definition) is 1. The number of nitrogens with one attached hydrogen (secondary N) is 1. The predicted octanol–water partition coefficient (Wildman–Crippen LogP) is 2.08. The van der Waals surface area contributed by atoms with E-state index < -0.39 is 4.92 Å². The Hall–Kier alpha value is -2.93. The molecule has 0 aromatic heterocycles. The van der Waals surface area contributed by atoms with Crippen LogP contribution in [-0.4, -0.2) is 55.0 Å². The van der Waals surface area contributed by atoms with Gasteiger partial charge in [-0.15, -0.1) is 0 Å². The number of nitro benzene ring substituents is 1. The van der Waals surface area contributed by atoms with E-state index in [1.807, 2.05) is 18.2 Å². The Labute approximate surface area is 158 Å². The van der Waals surface area contributed by atoms with Crippen LogP contribution in [0.4, 0.5) is 11.4 Å². The highest BCUT2D eigenvalue weighted by molar-refractivity contribution is 5.78. The molecule has 1 amide bonds. The van der Waals surface area contributed by atoms with Gasteiger partial charge in [0.2, 0.25) is 5.91 Å². The summed E-state index contributed by atoms with van der Waals surface area (Å²) in [7, 11) is 0. The fraction of sp³-hybridized carbons (Fsp3) is 0.350. The van der Waals surface area contributed by atoms with Crippen LogP contribution in [0.1, 0.15) is 5.56 Å². The maximum absolute atomic E-state index is 12.1. The Kier molecular flexibility index (Phi) is 6.38. The summed E-state index contributed by atoms with van der Waals surface area (Å²) in [6, 6.07) is 16.7. The molecule has 0 bridgehead atoms. The number of nitrogens with zero attached hydrogens (tertiary/aromatic N) is 3. The van der Waals surface area contributed by atoms with Gasteiger partial charge in [0.05, 0.1) is 11.5 Å². The first-order chi connectivity index (χ1) is 13.1. The monoisotopic (exact) mass is 368 g/mol. The lowest BCUT2D eigenvalue weighted by Gasteiger charge is -2.35. The number of piperazine rings is 1. The van der Waals surface area contributed by atoms with Crippen molar-refractivity contribution in [1.82, 2.24) is 10.2 Å². The molecule has 0 spiro atoms. The van der Waals surface area contributed by atoms with Gasteiger partial charge < -0.3 is 10.2 Å². The van der Waals surface area contributed by atoms with E-state index >= 15 is 0 Å². The zero-order valence-electron chi connectivity index (χ0n) is 15.2. The van der Waals surface area contributed by atoms with Crippen LogP contribution in [0.15, 0.2) is 54.6 Å². The highest BCUT2D eigenvalue weighted by Crippen LogP contribution is 2.20. The van der Waals surface area contributed by atoms with Gasteiger partial charge in [0.1, 0.15) is 0 Å². The first-order valence-electron chi connectivity index (χ1n) is 9.14. The summed E-state index contributed by atoms with van der Waals surface area (Å²) in [6.07, 6.45) is 0.834. The molecule has 7 heteroatoms. The number of non-ortho nitro benzene ring substituents is 1. The normalized spacial score (nSPS) is 14.7. The largest absolute Gasteiger partial charge is 0.369 e. The topological polar surface area (TPSA) is 78.7 Å². The highest BCUT2D eigenvalue weighted by Gasteiger charge is 2.19. The Morgan fingerprint density at radius 1 is 1.00 bits per heavy atom. The summed E-state index contributed by atoms with van der Waals surface area (Å²) >= 11 is 0. The highest BCUT2D eigenvalue weighted by atomic mass is 16.6. The lowest BCUT2D eigenvalue weighted by molar-refractivity contribution is -0.384. The van der Waals surface area contributed by atoms with Crippen LogP contribution in [0.2, 0.25) is 0 Å². The van der Waals surface area contributed by atoms with Crippen LogP contribution < -0.4 is 10.2 Å². The fourth-order valence-corrected chi connectivity index (χ4v) is 3.20. The van der Waals surface area contributed by atoms with Crippen molar-refractivity contribution in [3.05, 3.63) is 70.3 Å². The van der Waals surface area contributed by atoms with E-state index in [9.17, 15) is 14.9 Å². The number of rotatable bonds is 7. The molecule has 0 aliphatic carbocycles. The third-order valence-corrected chi connectivity index (χ3v) is 4.74. The molecule has 1 fully saturated rings. The van der Waals surface area contributed by atoms with Crippen molar-refractivity contribution in [1.29, 1.82) is 0 Å². The molecule has 1 saturated heterocycles. The zero-order chi connectivity index (χ0) is 19.1. The van der Waals surface area contributed by atoms with E-state index in [1.54, 1.807) is 12.1 Å². The van der Waals surface area contributed by atoms with Crippen LogP contribution in [0.3, 0.4) is 0 Å². The summed E-state index contributed by atoms with van der Waals surface area (Å²) in [5.41, 5.74) is 2.30. The van der Waals surface area contributed by atoms with Crippen LogP contribution in [0.5, 0.6) is 0 Å². The molecule has 0 atom stereocenters. The minimum atomic E-state index is -0.391. The third-order valence-electron chi connectivity index (χ3n) is 4.74. The molecule has 7 nitrogen and oxygen atoms in total. The molecule has 2 aromatic rings. The van der Waals surface area contributed by atoms with Crippen LogP contribution >= 0.6 is 0 Å². The van der Waals surface area contributed by atoms with Crippen LogP contribution in [0, 0.1) is 10.1 Å². The van der Waals surface area contributed by atoms with Crippen molar-refractivity contribution < 1.29 is 9.72 Å². The van der Waals surface area contributed by atoms with Crippen molar-refractivity contribution in [2.75, 3.05) is 44.2 Å². The molecule has 27 heavy (non-hydrogen) atoms. The quantitative estimate of drug-likeness (QED) is 0.598. The maximum atomic E-state index is 12.1. The number of carbonyl (C=O) groups excluding carboxylic acids is 1. The molecule has 0 saturated carbocycles. The number of amides is 1. The first kappa shape index (κ1) is 18.8. The lowest BCUT2D eigenvalue weighted by Crippen LogP contribution is -2.49. The predicted molar refractivity (Wildman–Crippen MR) is 105 cm³/mol. The van der Waals surface area contributed by atoms with Crippen molar-refractivity contribution in [2.45, 2.75) is 6.42 Å². The molecule has 0 unspecified atom stereocenters. The van der Waals surface area contributed by atoms with E-state index in [0.717, 1.165) is 38.3 Å². The van der Waals surface area contributed by atoms with Gasteiger partial charge >= 0.3 is 0 Å². The van der Waals surface area contributed by atoms with Gasteiger partial charge in [-0.3, -0.25) is 19.8 Å². The zero-order valence-corrected chi connectivity index (χ0v) is 15.2. The van der Waals surface area contributed by atoms with Gasteiger partial charge in [-0.25, -0.2) is 0 Å². The summed E-state index contributed by atoms with van der Waals surface area (Å²) < 4.78 is 0. The summed E-state index contributed by atoms with van der Waals surface area (Å²) in [5, 5.41) is 13.7. The number of benzene rings is 2. The molecule has 2 aromatic carbocycles. The second kappa shape index (κ2) is 9.14. The molecular formula is C20H24N4O3. The molecule has 1 heterocycles. The summed E-state index contributed by atoms with van der Waals surface area (Å²) in [6.45, 7) is 4.24. The minimum absolute atomic E-state index is 0.0507. The van der Waals surface area contributed by atoms with Crippen molar-refractivity contribution in [3.8, 4) is 0 Å². The SMILES string of the molecule is O=C(CN1CCN(c2ccc([N+](=O)[O-])cc2)CC1)NCCc1ccccc1. The van der Waals surface area contributed by atoms with Gasteiger partial charge in [-0.1, -0.05) is 30.3 Å². The summed E-state index contributed by atoms with van der Waals surface area (Å²) in [5.74, 6) is 0.0507. The molecule has 1 N–H and O–H groups in total. The number of hydrogen-bond acceptors (Lipinski definition) is 5. The van der Waals surface area contributed by atoms with E-state index in [4.69, 9.17) is 0 Å². The van der Waals surface area contributed by atoms with Gasteiger partial charge in [0.15, 0.2) is 0 Å². The van der Waals surface area contributed by atoms with E-state index in [0.29, 0.717) is 13.1 Å². The van der Waals surface area contributed by atoms with E-state index in [2.05, 4.69) is 27.2 Å². The van der Waals surface area contributed by atoms with Crippen LogP contribution in [0.25, 0.3) is 0 Å². The fourth-order valence-electron chi connectivity index (χ4n) is 3.20. The van der Waals surface area contributed by atoms with Crippen LogP contribution in [-0.2, 0) is 11.2 Å². The molecule has 3 rings (SSSR count). The van der Waals surface area contributed by atoms with Crippen molar-refractivity contribution in [3.63, 3.8) is 0 Å². The van der Waals surface area contributed by atoms with Gasteiger partial charge in [0, 0.05) is 50.5 Å². The molecule has 1 aliphatic heterocycles. The summed E-state index contributed by atoms with van der Waals surface area (Å²) in [4.78, 5) is 26.8. The average molecular weight is 368 g/mol. The first-order valence-corrected chi connectivity index (χ1v) is 9.14. The number of nitro groups is 1. The van der Waals surface area contributed by atoms with E-state index in [1.165, 1.54) is 17.7 Å². The van der Waals surface area contributed by atoms with Gasteiger partial charge in [-0.2, -0.15) is 0 Å².